The van der Waals surface area contributed by atoms with Gasteiger partial charge >= 0.3 is 0 Å². The zero-order chi connectivity index (χ0) is 13.8. The maximum Gasteiger partial charge on any atom is 0.0451 e. The summed E-state index contributed by atoms with van der Waals surface area (Å²) in [6, 6.07) is 12.5. The number of rotatable bonds is 4. The minimum Gasteiger partial charge on any atom is -0.296 e. The first-order valence-electron chi connectivity index (χ1n) is 7.02. The minimum atomic E-state index is 0.883. The minimum absolute atomic E-state index is 0.883. The van der Waals surface area contributed by atoms with E-state index in [1.165, 1.54) is 10.4 Å². The number of hydrogen-bond acceptors (Lipinski definition) is 3. The summed E-state index contributed by atoms with van der Waals surface area (Å²) in [6.45, 7) is 6.59. The van der Waals surface area contributed by atoms with Crippen LogP contribution in [0.15, 0.2) is 41.8 Å². The molecule has 1 aromatic carbocycles. The third-order valence-corrected chi connectivity index (χ3v) is 5.01. The zero-order valence-electron chi connectivity index (χ0n) is 11.5. The van der Waals surface area contributed by atoms with Gasteiger partial charge in [0.1, 0.15) is 0 Å². The smallest absolute Gasteiger partial charge is 0.0451 e. The molecule has 0 spiro atoms. The van der Waals surface area contributed by atoms with Crippen LogP contribution in [0.1, 0.15) is 10.4 Å². The van der Waals surface area contributed by atoms with Crippen molar-refractivity contribution < 1.29 is 0 Å². The van der Waals surface area contributed by atoms with Gasteiger partial charge < -0.3 is 0 Å². The molecule has 0 bridgehead atoms. The highest BCUT2D eigenvalue weighted by Gasteiger charge is 2.17. The van der Waals surface area contributed by atoms with Gasteiger partial charge in [-0.2, -0.15) is 0 Å². The lowest BCUT2D eigenvalue weighted by Gasteiger charge is -2.34. The molecule has 0 atom stereocenters. The number of thiophene rings is 1. The lowest BCUT2D eigenvalue weighted by atomic mass is 10.2. The Morgan fingerprint density at radius 3 is 2.25 bits per heavy atom. The van der Waals surface area contributed by atoms with Gasteiger partial charge in [-0.25, -0.2) is 0 Å². The van der Waals surface area contributed by atoms with Crippen molar-refractivity contribution in [2.45, 2.75) is 13.1 Å². The molecule has 1 saturated heterocycles. The van der Waals surface area contributed by atoms with Crippen molar-refractivity contribution in [2.75, 3.05) is 26.2 Å². The Labute approximate surface area is 129 Å². The van der Waals surface area contributed by atoms with Crippen LogP contribution in [0.2, 0.25) is 5.02 Å². The monoisotopic (exact) mass is 306 g/mol. The highest BCUT2D eigenvalue weighted by Crippen LogP contribution is 2.19. The van der Waals surface area contributed by atoms with Gasteiger partial charge in [0.25, 0.3) is 0 Å². The first-order chi connectivity index (χ1) is 9.81. The van der Waals surface area contributed by atoms with E-state index in [4.69, 9.17) is 11.6 Å². The summed E-state index contributed by atoms with van der Waals surface area (Å²) in [5.41, 5.74) is 1.24. The summed E-state index contributed by atoms with van der Waals surface area (Å²) in [4.78, 5) is 6.49. The Balaban J connectivity index is 1.50. The number of nitrogens with zero attached hydrogens (tertiary/aromatic N) is 2. The Bertz CT molecular complexity index is 533. The summed E-state index contributed by atoms with van der Waals surface area (Å²) in [7, 11) is 0. The van der Waals surface area contributed by atoms with Crippen LogP contribution in [0, 0.1) is 0 Å². The standard InChI is InChI=1S/C16H19ClN2S/c17-16-6-2-1-4-14(16)12-18-7-9-19(10-8-18)13-15-5-3-11-20-15/h1-6,11H,7-10,12-13H2. The molecular formula is C16H19ClN2S. The first kappa shape index (κ1) is 14.1. The second kappa shape index (κ2) is 6.72. The molecule has 0 radical (unpaired) electrons. The molecule has 2 nitrogen and oxygen atoms in total. The van der Waals surface area contributed by atoms with Crippen molar-refractivity contribution in [1.82, 2.24) is 9.80 Å². The zero-order valence-corrected chi connectivity index (χ0v) is 13.0. The van der Waals surface area contributed by atoms with Crippen molar-refractivity contribution in [3.63, 3.8) is 0 Å². The quantitative estimate of drug-likeness (QED) is 0.849. The molecule has 0 unspecified atom stereocenters. The summed E-state index contributed by atoms with van der Waals surface area (Å²) in [5.74, 6) is 0. The van der Waals surface area contributed by atoms with Gasteiger partial charge in [0.05, 0.1) is 0 Å². The fourth-order valence-electron chi connectivity index (χ4n) is 2.60. The lowest BCUT2D eigenvalue weighted by Crippen LogP contribution is -2.45. The molecule has 106 valence electrons. The average Bonchev–Trinajstić information content (AvgIpc) is 2.96. The first-order valence-corrected chi connectivity index (χ1v) is 8.27. The van der Waals surface area contributed by atoms with Gasteiger partial charge in [-0.3, -0.25) is 9.80 Å². The number of piperazine rings is 1. The van der Waals surface area contributed by atoms with Crippen LogP contribution in [-0.4, -0.2) is 36.0 Å². The Morgan fingerprint density at radius 2 is 1.60 bits per heavy atom. The van der Waals surface area contributed by atoms with Crippen LogP contribution >= 0.6 is 22.9 Å². The van der Waals surface area contributed by atoms with Gasteiger partial charge in [0, 0.05) is 49.2 Å². The molecule has 0 aliphatic carbocycles. The lowest BCUT2D eigenvalue weighted by molar-refractivity contribution is 0.123. The SMILES string of the molecule is Clc1ccccc1CN1CCN(Cc2cccs2)CC1. The third-order valence-electron chi connectivity index (χ3n) is 3.78. The molecule has 20 heavy (non-hydrogen) atoms. The van der Waals surface area contributed by atoms with E-state index in [0.29, 0.717) is 0 Å². The maximum absolute atomic E-state index is 6.23. The molecule has 2 heterocycles. The molecular weight excluding hydrogens is 288 g/mol. The molecule has 1 aromatic heterocycles. The molecule has 4 heteroatoms. The second-order valence-electron chi connectivity index (χ2n) is 5.22. The van der Waals surface area contributed by atoms with Crippen LogP contribution < -0.4 is 0 Å². The van der Waals surface area contributed by atoms with Gasteiger partial charge in [0.15, 0.2) is 0 Å². The molecule has 1 aliphatic rings. The van der Waals surface area contributed by atoms with Gasteiger partial charge in [0.2, 0.25) is 0 Å². The van der Waals surface area contributed by atoms with Crippen molar-refractivity contribution >= 4 is 22.9 Å². The number of halogens is 1. The summed E-state index contributed by atoms with van der Waals surface area (Å²) < 4.78 is 0. The van der Waals surface area contributed by atoms with Crippen LogP contribution in [0.5, 0.6) is 0 Å². The predicted molar refractivity (Wildman–Crippen MR) is 86.3 cm³/mol. The number of benzene rings is 1. The maximum atomic E-state index is 6.23. The van der Waals surface area contributed by atoms with E-state index in [-0.39, 0.29) is 0 Å². The third kappa shape index (κ3) is 3.61. The largest absolute Gasteiger partial charge is 0.296 e. The van der Waals surface area contributed by atoms with E-state index < -0.39 is 0 Å². The molecule has 2 aromatic rings. The molecule has 0 N–H and O–H groups in total. The molecule has 3 rings (SSSR count). The molecule has 1 aliphatic heterocycles. The van der Waals surface area contributed by atoms with E-state index in [9.17, 15) is 0 Å². The van der Waals surface area contributed by atoms with Crippen LogP contribution in [0.4, 0.5) is 0 Å². The Hall–Kier alpha value is -0.870. The summed E-state index contributed by atoms with van der Waals surface area (Å²) in [5, 5.41) is 3.04. The summed E-state index contributed by atoms with van der Waals surface area (Å²) in [6.07, 6.45) is 0. The van der Waals surface area contributed by atoms with Crippen molar-refractivity contribution in [3.05, 3.63) is 57.2 Å². The van der Waals surface area contributed by atoms with Crippen molar-refractivity contribution in [2.24, 2.45) is 0 Å². The van der Waals surface area contributed by atoms with E-state index in [1.807, 2.05) is 23.5 Å². The van der Waals surface area contributed by atoms with Gasteiger partial charge in [-0.15, -0.1) is 11.3 Å². The van der Waals surface area contributed by atoms with E-state index in [2.05, 4.69) is 39.4 Å². The topological polar surface area (TPSA) is 6.48 Å². The van der Waals surface area contributed by atoms with E-state index in [1.54, 1.807) is 0 Å². The fourth-order valence-corrected chi connectivity index (χ4v) is 3.54. The predicted octanol–water partition coefficient (Wildman–Crippen LogP) is 3.72. The Morgan fingerprint density at radius 1 is 0.900 bits per heavy atom. The van der Waals surface area contributed by atoms with E-state index in [0.717, 1.165) is 44.3 Å². The average molecular weight is 307 g/mol. The van der Waals surface area contributed by atoms with Crippen LogP contribution in [-0.2, 0) is 13.1 Å². The normalized spacial score (nSPS) is 17.4. The number of hydrogen-bond donors (Lipinski definition) is 0. The molecule has 0 saturated carbocycles. The highest BCUT2D eigenvalue weighted by molar-refractivity contribution is 7.09. The van der Waals surface area contributed by atoms with Crippen molar-refractivity contribution in [3.8, 4) is 0 Å². The van der Waals surface area contributed by atoms with Crippen LogP contribution in [0.25, 0.3) is 0 Å². The molecule has 0 amide bonds. The fraction of sp³-hybridized carbons (Fsp3) is 0.375. The van der Waals surface area contributed by atoms with Gasteiger partial charge in [-0.05, 0) is 23.1 Å². The highest BCUT2D eigenvalue weighted by atomic mass is 35.5. The van der Waals surface area contributed by atoms with Crippen LogP contribution in [0.3, 0.4) is 0 Å². The van der Waals surface area contributed by atoms with E-state index >= 15 is 0 Å². The van der Waals surface area contributed by atoms with Gasteiger partial charge in [-0.1, -0.05) is 35.9 Å². The molecule has 1 fully saturated rings. The summed E-state index contributed by atoms with van der Waals surface area (Å²) >= 11 is 8.08. The van der Waals surface area contributed by atoms with Crippen molar-refractivity contribution in [1.29, 1.82) is 0 Å². The second-order valence-corrected chi connectivity index (χ2v) is 6.66. The Kier molecular flexibility index (Phi) is 4.73.